The van der Waals surface area contributed by atoms with Gasteiger partial charge < -0.3 is 11.1 Å². The van der Waals surface area contributed by atoms with E-state index in [-0.39, 0.29) is 5.95 Å². The van der Waals surface area contributed by atoms with Gasteiger partial charge in [0.05, 0.1) is 0 Å². The Morgan fingerprint density at radius 2 is 2.29 bits per heavy atom. The quantitative estimate of drug-likeness (QED) is 0.868. The Bertz CT molecular complexity index is 586. The zero-order valence-corrected chi connectivity index (χ0v) is 12.8. The summed E-state index contributed by atoms with van der Waals surface area (Å²) in [6.45, 7) is 2.19. The summed E-state index contributed by atoms with van der Waals surface area (Å²) >= 11 is 1.99. The Labute approximate surface area is 127 Å². The Kier molecular flexibility index (Phi) is 4.23. The average Bonchev–Trinajstić information content (AvgIpc) is 3.11. The van der Waals surface area contributed by atoms with Gasteiger partial charge >= 0.3 is 0 Å². The maximum absolute atomic E-state index is 5.78. The summed E-state index contributed by atoms with van der Waals surface area (Å²) in [5, 5.41) is 8.15. The minimum atomic E-state index is 0.204. The number of hydrogen-bond acceptors (Lipinski definition) is 7. The van der Waals surface area contributed by atoms with Gasteiger partial charge in [0, 0.05) is 23.7 Å². The molecule has 0 aromatic carbocycles. The number of nitrogens with two attached hydrogens (primary N) is 1. The lowest BCUT2D eigenvalue weighted by molar-refractivity contribution is 0.743. The molecule has 2 aromatic rings. The average molecular weight is 305 g/mol. The van der Waals surface area contributed by atoms with Gasteiger partial charge in [-0.25, -0.2) is 4.68 Å². The van der Waals surface area contributed by atoms with Crippen LogP contribution < -0.4 is 11.1 Å². The fraction of sp³-hybridized carbons (Fsp3) is 0.538. The van der Waals surface area contributed by atoms with Gasteiger partial charge in [0.15, 0.2) is 0 Å². The molecule has 2 atom stereocenters. The zero-order chi connectivity index (χ0) is 14.7. The number of thioether (sulfide) groups is 1. The van der Waals surface area contributed by atoms with Crippen LogP contribution in [-0.2, 0) is 0 Å². The maximum atomic E-state index is 5.78. The smallest absolute Gasteiger partial charge is 0.257 e. The first kappa shape index (κ1) is 14.1. The van der Waals surface area contributed by atoms with Crippen molar-refractivity contribution in [3.05, 3.63) is 18.5 Å². The molecule has 21 heavy (non-hydrogen) atoms. The third kappa shape index (κ3) is 3.26. The van der Waals surface area contributed by atoms with Crippen LogP contribution >= 0.6 is 11.8 Å². The molecule has 1 aliphatic rings. The largest absolute Gasteiger partial charge is 0.368 e. The van der Waals surface area contributed by atoms with E-state index in [1.807, 2.05) is 17.8 Å². The molecule has 0 saturated heterocycles. The van der Waals surface area contributed by atoms with E-state index in [4.69, 9.17) is 5.73 Å². The summed E-state index contributed by atoms with van der Waals surface area (Å²) in [5.41, 5.74) is 5.78. The zero-order valence-electron chi connectivity index (χ0n) is 11.9. The van der Waals surface area contributed by atoms with E-state index >= 15 is 0 Å². The van der Waals surface area contributed by atoms with Gasteiger partial charge in [-0.1, -0.05) is 13.3 Å². The monoisotopic (exact) mass is 305 g/mol. The Balaban J connectivity index is 1.79. The first-order valence-corrected chi connectivity index (χ1v) is 8.21. The van der Waals surface area contributed by atoms with Crippen LogP contribution in [-0.4, -0.2) is 41.8 Å². The van der Waals surface area contributed by atoms with Crippen molar-refractivity contribution in [2.24, 2.45) is 0 Å². The molecule has 112 valence electrons. The fourth-order valence-electron chi connectivity index (χ4n) is 2.61. The third-order valence-corrected chi connectivity index (χ3v) is 4.82. The van der Waals surface area contributed by atoms with Gasteiger partial charge in [-0.3, -0.25) is 0 Å². The molecular weight excluding hydrogens is 286 g/mol. The molecule has 3 rings (SSSR count). The van der Waals surface area contributed by atoms with E-state index in [1.54, 1.807) is 17.1 Å². The number of aromatic nitrogens is 5. The van der Waals surface area contributed by atoms with Gasteiger partial charge in [-0.05, 0) is 24.7 Å². The number of hydrogen-bond donors (Lipinski definition) is 2. The molecule has 7 nitrogen and oxygen atoms in total. The molecule has 0 bridgehead atoms. The predicted molar refractivity (Wildman–Crippen MR) is 84.5 cm³/mol. The molecule has 2 heterocycles. The Morgan fingerprint density at radius 1 is 1.38 bits per heavy atom. The normalized spacial score (nSPS) is 21.6. The standard InChI is InChI=1S/C13H19N7S/c1-2-21-10-6-3-5-9(10)16-12-17-11(14)18-13(19-12)20-8-4-7-15-20/h4,7-10H,2-3,5-6H2,1H3,(H3,14,16,17,18,19). The molecule has 0 radical (unpaired) electrons. The van der Waals surface area contributed by atoms with E-state index in [1.165, 1.54) is 12.8 Å². The molecule has 2 unspecified atom stereocenters. The van der Waals surface area contributed by atoms with Crippen molar-refractivity contribution in [3.63, 3.8) is 0 Å². The van der Waals surface area contributed by atoms with Crippen LogP contribution in [0.5, 0.6) is 0 Å². The molecule has 8 heteroatoms. The van der Waals surface area contributed by atoms with E-state index < -0.39 is 0 Å². The number of nitrogens with zero attached hydrogens (tertiary/aromatic N) is 5. The Hall–Kier alpha value is -1.83. The van der Waals surface area contributed by atoms with Gasteiger partial charge in [0.1, 0.15) is 0 Å². The van der Waals surface area contributed by atoms with Crippen molar-refractivity contribution >= 4 is 23.7 Å². The predicted octanol–water partition coefficient (Wildman–Crippen LogP) is 1.73. The van der Waals surface area contributed by atoms with Crippen LogP contribution in [0.4, 0.5) is 11.9 Å². The van der Waals surface area contributed by atoms with Gasteiger partial charge in [-0.2, -0.15) is 31.8 Å². The molecule has 0 aliphatic heterocycles. The van der Waals surface area contributed by atoms with Crippen molar-refractivity contribution in [2.75, 3.05) is 16.8 Å². The van der Waals surface area contributed by atoms with Crippen LogP contribution in [0.1, 0.15) is 26.2 Å². The minimum Gasteiger partial charge on any atom is -0.368 e. The number of nitrogen functional groups attached to an aromatic ring is 1. The summed E-state index contributed by atoms with van der Waals surface area (Å²) < 4.78 is 1.58. The molecule has 1 saturated carbocycles. The van der Waals surface area contributed by atoms with Crippen LogP contribution in [0.2, 0.25) is 0 Å². The minimum absolute atomic E-state index is 0.204. The maximum Gasteiger partial charge on any atom is 0.257 e. The first-order chi connectivity index (χ1) is 10.3. The summed E-state index contributed by atoms with van der Waals surface area (Å²) in [7, 11) is 0. The van der Waals surface area contributed by atoms with Crippen LogP contribution in [0.25, 0.3) is 5.95 Å². The van der Waals surface area contributed by atoms with Crippen molar-refractivity contribution in [2.45, 2.75) is 37.5 Å². The summed E-state index contributed by atoms with van der Waals surface area (Å²) in [5.74, 6) is 2.30. The number of nitrogens with one attached hydrogen (secondary N) is 1. The molecule has 0 spiro atoms. The third-order valence-electron chi connectivity index (χ3n) is 3.50. The topological polar surface area (TPSA) is 94.5 Å². The lowest BCUT2D eigenvalue weighted by Crippen LogP contribution is -2.27. The summed E-state index contributed by atoms with van der Waals surface area (Å²) in [4.78, 5) is 12.7. The number of rotatable bonds is 5. The van der Waals surface area contributed by atoms with Gasteiger partial charge in [0.25, 0.3) is 5.95 Å². The van der Waals surface area contributed by atoms with Crippen LogP contribution in [0.3, 0.4) is 0 Å². The second kappa shape index (κ2) is 6.30. The highest BCUT2D eigenvalue weighted by molar-refractivity contribution is 7.99. The molecule has 0 amide bonds. The van der Waals surface area contributed by atoms with E-state index in [9.17, 15) is 0 Å². The Morgan fingerprint density at radius 3 is 3.05 bits per heavy atom. The first-order valence-electron chi connectivity index (χ1n) is 7.16. The molecule has 3 N–H and O–H groups in total. The molecular formula is C13H19N7S. The second-order valence-electron chi connectivity index (χ2n) is 4.94. The van der Waals surface area contributed by atoms with Gasteiger partial charge in [-0.15, -0.1) is 0 Å². The highest BCUT2D eigenvalue weighted by atomic mass is 32.2. The van der Waals surface area contributed by atoms with Crippen LogP contribution in [0, 0.1) is 0 Å². The van der Waals surface area contributed by atoms with Gasteiger partial charge in [0.2, 0.25) is 11.9 Å². The lowest BCUT2D eigenvalue weighted by atomic mass is 10.2. The summed E-state index contributed by atoms with van der Waals surface area (Å²) in [6.07, 6.45) is 7.08. The fourth-order valence-corrected chi connectivity index (χ4v) is 3.80. The molecule has 1 fully saturated rings. The second-order valence-corrected chi connectivity index (χ2v) is 6.46. The molecule has 1 aliphatic carbocycles. The lowest BCUT2D eigenvalue weighted by Gasteiger charge is -2.20. The SMILES string of the molecule is CCSC1CCCC1Nc1nc(N)nc(-n2cccn2)n1. The highest BCUT2D eigenvalue weighted by Gasteiger charge is 2.27. The molecule has 2 aromatic heterocycles. The van der Waals surface area contributed by atoms with Crippen molar-refractivity contribution in [1.82, 2.24) is 24.7 Å². The van der Waals surface area contributed by atoms with Crippen molar-refractivity contribution in [3.8, 4) is 5.95 Å². The summed E-state index contributed by atoms with van der Waals surface area (Å²) in [6, 6.07) is 2.21. The van der Waals surface area contributed by atoms with Crippen molar-refractivity contribution < 1.29 is 0 Å². The van der Waals surface area contributed by atoms with E-state index in [2.05, 4.69) is 32.3 Å². The van der Waals surface area contributed by atoms with E-state index in [0.29, 0.717) is 23.2 Å². The number of anilines is 2. The van der Waals surface area contributed by atoms with E-state index in [0.717, 1.165) is 12.2 Å². The van der Waals surface area contributed by atoms with Crippen molar-refractivity contribution in [1.29, 1.82) is 0 Å². The highest BCUT2D eigenvalue weighted by Crippen LogP contribution is 2.31. The van der Waals surface area contributed by atoms with Crippen LogP contribution in [0.15, 0.2) is 18.5 Å².